The van der Waals surface area contributed by atoms with Gasteiger partial charge in [0.25, 0.3) is 5.91 Å². The van der Waals surface area contributed by atoms with Crippen LogP contribution >= 0.6 is 0 Å². The molecule has 0 aliphatic carbocycles. The normalized spacial score (nSPS) is 21.6. The number of aromatic nitrogens is 1. The zero-order chi connectivity index (χ0) is 15.3. The Morgan fingerprint density at radius 2 is 2.38 bits per heavy atom. The van der Waals surface area contributed by atoms with Crippen molar-refractivity contribution in [2.24, 2.45) is 0 Å². The number of nitrogens with zero attached hydrogens (tertiary/aromatic N) is 2. The quantitative estimate of drug-likeness (QED) is 0.827. The molecule has 112 valence electrons. The molecular formula is C16H20N2O3. The molecule has 0 spiro atoms. The number of pyridine rings is 1. The van der Waals surface area contributed by atoms with E-state index >= 15 is 0 Å². The molecule has 5 nitrogen and oxygen atoms in total. The van der Waals surface area contributed by atoms with Crippen molar-refractivity contribution in [3.8, 4) is 11.8 Å². The summed E-state index contributed by atoms with van der Waals surface area (Å²) >= 11 is 0. The predicted octanol–water partition coefficient (Wildman–Crippen LogP) is 1.07. The van der Waals surface area contributed by atoms with Gasteiger partial charge in [-0.1, -0.05) is 11.8 Å². The first-order chi connectivity index (χ1) is 10.1. The van der Waals surface area contributed by atoms with Gasteiger partial charge in [-0.05, 0) is 31.9 Å². The minimum absolute atomic E-state index is 0.0837. The van der Waals surface area contributed by atoms with Crippen LogP contribution in [0.25, 0.3) is 0 Å². The van der Waals surface area contributed by atoms with Crippen LogP contribution < -0.4 is 0 Å². The van der Waals surface area contributed by atoms with Gasteiger partial charge in [-0.15, -0.1) is 0 Å². The second-order valence-corrected chi connectivity index (χ2v) is 5.38. The Morgan fingerprint density at radius 1 is 1.57 bits per heavy atom. The Kier molecular flexibility index (Phi) is 4.94. The Bertz CT molecular complexity index is 559. The summed E-state index contributed by atoms with van der Waals surface area (Å²) in [6.07, 6.45) is 3.43. The molecule has 0 radical (unpaired) electrons. The number of carbonyl (C=O) groups is 1. The lowest BCUT2D eigenvalue weighted by Gasteiger charge is -2.39. The Labute approximate surface area is 124 Å². The number of likely N-dealkylation sites (tertiary alicyclic amines) is 1. The summed E-state index contributed by atoms with van der Waals surface area (Å²) in [6.45, 7) is 3.14. The number of ether oxygens (including phenoxy) is 1. The average Bonchev–Trinajstić information content (AvgIpc) is 2.53. The number of methoxy groups -OCH3 is 1. The van der Waals surface area contributed by atoms with Crippen LogP contribution in [0.15, 0.2) is 18.3 Å². The van der Waals surface area contributed by atoms with Crippen molar-refractivity contribution in [1.29, 1.82) is 0 Å². The third-order valence-corrected chi connectivity index (χ3v) is 3.73. The van der Waals surface area contributed by atoms with Gasteiger partial charge in [-0.3, -0.25) is 4.79 Å². The van der Waals surface area contributed by atoms with Crippen LogP contribution in [-0.2, 0) is 4.74 Å². The van der Waals surface area contributed by atoms with Crippen LogP contribution in [0.1, 0.15) is 35.8 Å². The van der Waals surface area contributed by atoms with Crippen molar-refractivity contribution in [2.75, 3.05) is 26.8 Å². The van der Waals surface area contributed by atoms with Crippen molar-refractivity contribution in [3.63, 3.8) is 0 Å². The lowest BCUT2D eigenvalue weighted by Crippen LogP contribution is -2.49. The second kappa shape index (κ2) is 6.70. The van der Waals surface area contributed by atoms with Gasteiger partial charge in [0.05, 0.1) is 5.60 Å². The maximum absolute atomic E-state index is 12.5. The van der Waals surface area contributed by atoms with Gasteiger partial charge in [0.15, 0.2) is 0 Å². The first kappa shape index (κ1) is 15.5. The van der Waals surface area contributed by atoms with Gasteiger partial charge in [0.1, 0.15) is 12.3 Å². The molecule has 1 amide bonds. The fourth-order valence-corrected chi connectivity index (χ4v) is 2.44. The molecule has 1 aromatic rings. The number of piperidine rings is 1. The molecule has 0 saturated carbocycles. The fraction of sp³-hybridized carbons (Fsp3) is 0.500. The third kappa shape index (κ3) is 3.81. The SMILES string of the molecule is COC1(C)CCCN(C(=O)c2ccc(C#CCO)cn2)C1. The van der Waals surface area contributed by atoms with Crippen LogP contribution in [0.2, 0.25) is 0 Å². The number of carbonyl (C=O) groups excluding carboxylic acids is 1. The first-order valence-corrected chi connectivity index (χ1v) is 6.98. The molecule has 5 heteroatoms. The summed E-state index contributed by atoms with van der Waals surface area (Å²) in [6, 6.07) is 3.41. The van der Waals surface area contributed by atoms with E-state index in [0.29, 0.717) is 17.8 Å². The Morgan fingerprint density at radius 3 is 3.00 bits per heavy atom. The number of hydrogen-bond donors (Lipinski definition) is 1. The fourth-order valence-electron chi connectivity index (χ4n) is 2.44. The highest BCUT2D eigenvalue weighted by atomic mass is 16.5. The minimum Gasteiger partial charge on any atom is -0.384 e. The van der Waals surface area contributed by atoms with Crippen molar-refractivity contribution in [3.05, 3.63) is 29.6 Å². The van der Waals surface area contributed by atoms with Gasteiger partial charge in [-0.2, -0.15) is 0 Å². The molecule has 1 aliphatic rings. The molecular weight excluding hydrogens is 268 g/mol. The van der Waals surface area contributed by atoms with E-state index < -0.39 is 0 Å². The van der Waals surface area contributed by atoms with Gasteiger partial charge < -0.3 is 14.7 Å². The zero-order valence-corrected chi connectivity index (χ0v) is 12.4. The summed E-state index contributed by atoms with van der Waals surface area (Å²) in [5.41, 5.74) is 0.811. The van der Waals surface area contributed by atoms with E-state index in [1.807, 2.05) is 6.92 Å². The third-order valence-electron chi connectivity index (χ3n) is 3.73. The van der Waals surface area contributed by atoms with Crippen molar-refractivity contribution >= 4 is 5.91 Å². The molecule has 1 fully saturated rings. The topological polar surface area (TPSA) is 62.7 Å². The maximum atomic E-state index is 12.5. The van der Waals surface area contributed by atoms with Gasteiger partial charge in [0, 0.05) is 32.0 Å². The summed E-state index contributed by atoms with van der Waals surface area (Å²) in [5, 5.41) is 8.65. The monoisotopic (exact) mass is 288 g/mol. The zero-order valence-electron chi connectivity index (χ0n) is 12.4. The Balaban J connectivity index is 2.09. The molecule has 0 aromatic carbocycles. The molecule has 21 heavy (non-hydrogen) atoms. The summed E-state index contributed by atoms with van der Waals surface area (Å²) < 4.78 is 5.50. The lowest BCUT2D eigenvalue weighted by molar-refractivity contribution is -0.0441. The largest absolute Gasteiger partial charge is 0.384 e. The van der Waals surface area contributed by atoms with Crippen LogP contribution in [0.3, 0.4) is 0 Å². The molecule has 1 aliphatic heterocycles. The summed E-state index contributed by atoms with van der Waals surface area (Å²) in [7, 11) is 1.68. The van der Waals surface area contributed by atoms with Crippen LogP contribution in [-0.4, -0.2) is 53.3 Å². The second-order valence-electron chi connectivity index (χ2n) is 5.38. The van der Waals surface area contributed by atoms with Crippen LogP contribution in [0, 0.1) is 11.8 Å². The summed E-state index contributed by atoms with van der Waals surface area (Å²) in [5.74, 6) is 5.22. The number of hydrogen-bond acceptors (Lipinski definition) is 4. The molecule has 1 unspecified atom stereocenters. The van der Waals surface area contributed by atoms with Crippen molar-refractivity contribution < 1.29 is 14.6 Å². The molecule has 1 saturated heterocycles. The van der Waals surface area contributed by atoms with Gasteiger partial charge in [0.2, 0.25) is 0 Å². The smallest absolute Gasteiger partial charge is 0.272 e. The van der Waals surface area contributed by atoms with E-state index in [1.165, 1.54) is 0 Å². The number of aliphatic hydroxyl groups is 1. The summed E-state index contributed by atoms with van der Waals surface area (Å²) in [4.78, 5) is 18.4. The molecule has 0 bridgehead atoms. The molecule has 1 atom stereocenters. The van der Waals surface area contributed by atoms with Crippen LogP contribution in [0.4, 0.5) is 0 Å². The Hall–Kier alpha value is -1.90. The van der Waals surface area contributed by atoms with Crippen LogP contribution in [0.5, 0.6) is 0 Å². The lowest BCUT2D eigenvalue weighted by atomic mass is 9.94. The van der Waals surface area contributed by atoms with Gasteiger partial charge >= 0.3 is 0 Å². The molecule has 2 rings (SSSR count). The molecule has 2 heterocycles. The van der Waals surface area contributed by atoms with Crippen molar-refractivity contribution in [1.82, 2.24) is 9.88 Å². The number of amides is 1. The van der Waals surface area contributed by atoms with E-state index in [2.05, 4.69) is 16.8 Å². The maximum Gasteiger partial charge on any atom is 0.272 e. The standard InChI is InChI=1S/C16H20N2O3/c1-16(21-2)8-4-9-18(12-16)15(20)14-7-6-13(11-17-14)5-3-10-19/h6-7,11,19H,4,8-10,12H2,1-2H3. The molecule has 1 N–H and O–H groups in total. The molecule has 1 aromatic heterocycles. The van der Waals surface area contributed by atoms with E-state index in [4.69, 9.17) is 9.84 Å². The van der Waals surface area contributed by atoms with E-state index in [9.17, 15) is 4.79 Å². The van der Waals surface area contributed by atoms with E-state index in [1.54, 1.807) is 30.3 Å². The number of rotatable bonds is 2. The highest BCUT2D eigenvalue weighted by Gasteiger charge is 2.33. The van der Waals surface area contributed by atoms with E-state index in [-0.39, 0.29) is 18.1 Å². The highest BCUT2D eigenvalue weighted by molar-refractivity contribution is 5.92. The number of aliphatic hydroxyl groups excluding tert-OH is 1. The first-order valence-electron chi connectivity index (χ1n) is 6.98. The average molecular weight is 288 g/mol. The van der Waals surface area contributed by atoms with Gasteiger partial charge in [-0.25, -0.2) is 4.98 Å². The van der Waals surface area contributed by atoms with E-state index in [0.717, 1.165) is 19.4 Å². The van der Waals surface area contributed by atoms with Crippen molar-refractivity contribution in [2.45, 2.75) is 25.4 Å². The highest BCUT2D eigenvalue weighted by Crippen LogP contribution is 2.24. The minimum atomic E-state index is -0.277. The predicted molar refractivity (Wildman–Crippen MR) is 78.8 cm³/mol.